The lowest BCUT2D eigenvalue weighted by molar-refractivity contribution is 0.0594. The summed E-state index contributed by atoms with van der Waals surface area (Å²) in [5.41, 5.74) is 6.57. The van der Waals surface area contributed by atoms with E-state index < -0.39 is 5.97 Å². The molecule has 0 amide bonds. The van der Waals surface area contributed by atoms with Gasteiger partial charge in [0.05, 0.1) is 34.1 Å². The number of carbonyl (C=O) groups is 1. The third kappa shape index (κ3) is 1.44. The van der Waals surface area contributed by atoms with E-state index in [1.54, 1.807) is 0 Å². The molecule has 0 spiro atoms. The summed E-state index contributed by atoms with van der Waals surface area (Å²) in [6, 6.07) is 1.40. The fourth-order valence-electron chi connectivity index (χ4n) is 2.18. The molecule has 0 aliphatic carbocycles. The number of aromatic amines is 1. The van der Waals surface area contributed by atoms with E-state index in [4.69, 9.17) is 22.7 Å². The van der Waals surface area contributed by atoms with Gasteiger partial charge in [0, 0.05) is 5.39 Å². The smallest absolute Gasteiger partial charge is 0.354 e. The topological polar surface area (TPSA) is 125 Å². The quantitative estimate of drug-likeness (QED) is 0.398. The molecule has 2 aromatic heterocycles. The number of nitrogens with one attached hydrogen (secondary N) is 2. The molecule has 2 heterocycles. The van der Waals surface area contributed by atoms with Crippen molar-refractivity contribution in [3.05, 3.63) is 22.1 Å². The normalized spacial score (nSPS) is 11.3. The number of halogens is 1. The van der Waals surface area contributed by atoms with Crippen LogP contribution in [0, 0.1) is 5.41 Å². The van der Waals surface area contributed by atoms with Crippen molar-refractivity contribution < 1.29 is 14.6 Å². The van der Waals surface area contributed by atoms with Gasteiger partial charge in [0.15, 0.2) is 0 Å². The fourth-order valence-corrected chi connectivity index (χ4v) is 2.36. The minimum absolute atomic E-state index is 0.00941. The number of ether oxygens (including phenoxy) is 1. The van der Waals surface area contributed by atoms with E-state index in [0.717, 1.165) is 0 Å². The SMILES string of the molecule is COC(=O)c1cc2c(O)nc3c(N)c(Cl)c(=N)c([nH]1)c23. The number of anilines is 1. The molecule has 0 atom stereocenters. The number of carbonyl (C=O) groups excluding carboxylic acids is 1. The van der Waals surface area contributed by atoms with Crippen LogP contribution in [0.1, 0.15) is 10.5 Å². The van der Waals surface area contributed by atoms with Crippen molar-refractivity contribution in [2.75, 3.05) is 12.8 Å². The number of rotatable bonds is 1. The third-order valence-corrected chi connectivity index (χ3v) is 3.52. The minimum atomic E-state index is -0.628. The monoisotopic (exact) mass is 292 g/mol. The number of methoxy groups -OCH3 is 1. The maximum Gasteiger partial charge on any atom is 0.354 e. The van der Waals surface area contributed by atoms with E-state index in [-0.39, 0.29) is 33.2 Å². The lowest BCUT2D eigenvalue weighted by Gasteiger charge is -2.06. The zero-order valence-electron chi connectivity index (χ0n) is 10.2. The first-order valence-electron chi connectivity index (χ1n) is 5.54. The van der Waals surface area contributed by atoms with E-state index in [0.29, 0.717) is 16.3 Å². The Morgan fingerprint density at radius 2 is 2.30 bits per heavy atom. The van der Waals surface area contributed by atoms with Gasteiger partial charge in [-0.05, 0) is 6.07 Å². The molecular weight excluding hydrogens is 284 g/mol. The van der Waals surface area contributed by atoms with Crippen LogP contribution in [-0.4, -0.2) is 28.2 Å². The van der Waals surface area contributed by atoms with Crippen LogP contribution in [0.3, 0.4) is 0 Å². The Kier molecular flexibility index (Phi) is 2.48. The highest BCUT2D eigenvalue weighted by Crippen LogP contribution is 2.36. The summed E-state index contributed by atoms with van der Waals surface area (Å²) in [7, 11) is 1.23. The Labute approximate surface area is 116 Å². The average Bonchev–Trinajstić information content (AvgIpc) is 2.79. The van der Waals surface area contributed by atoms with Crippen LogP contribution in [0.2, 0.25) is 5.02 Å². The number of H-pyrrole nitrogens is 1. The number of hydrogen-bond acceptors (Lipinski definition) is 6. The van der Waals surface area contributed by atoms with Gasteiger partial charge in [0.1, 0.15) is 11.2 Å². The van der Waals surface area contributed by atoms with Crippen LogP contribution in [-0.2, 0) is 4.74 Å². The number of esters is 1. The summed E-state index contributed by atoms with van der Waals surface area (Å²) in [4.78, 5) is 18.3. The van der Waals surface area contributed by atoms with Gasteiger partial charge in [-0.1, -0.05) is 11.6 Å². The molecule has 0 unspecified atom stereocenters. The number of nitrogen functional groups attached to an aromatic ring is 1. The van der Waals surface area contributed by atoms with E-state index in [9.17, 15) is 9.90 Å². The molecule has 0 fully saturated rings. The molecule has 0 aliphatic heterocycles. The Balaban J connectivity index is 2.59. The van der Waals surface area contributed by atoms with Crippen LogP contribution in [0.4, 0.5) is 5.69 Å². The summed E-state index contributed by atoms with van der Waals surface area (Å²) in [5, 5.41) is 18.6. The second kappa shape index (κ2) is 3.97. The number of nitrogens with two attached hydrogens (primary N) is 1. The Morgan fingerprint density at radius 1 is 1.60 bits per heavy atom. The summed E-state index contributed by atoms with van der Waals surface area (Å²) in [6.07, 6.45) is 0. The van der Waals surface area contributed by atoms with Crippen molar-refractivity contribution >= 4 is 45.1 Å². The molecule has 0 radical (unpaired) electrons. The van der Waals surface area contributed by atoms with Gasteiger partial charge in [0.2, 0.25) is 5.88 Å². The fraction of sp³-hybridized carbons (Fsp3) is 0.0833. The molecule has 0 saturated heterocycles. The van der Waals surface area contributed by atoms with Gasteiger partial charge in [-0.25, -0.2) is 9.78 Å². The Bertz CT molecular complexity index is 918. The van der Waals surface area contributed by atoms with Gasteiger partial charge in [-0.3, -0.25) is 5.41 Å². The van der Waals surface area contributed by atoms with Crippen LogP contribution in [0.5, 0.6) is 5.88 Å². The van der Waals surface area contributed by atoms with E-state index in [1.165, 1.54) is 13.2 Å². The Hall–Kier alpha value is -2.54. The molecule has 5 N–H and O–H groups in total. The summed E-state index contributed by atoms with van der Waals surface area (Å²) in [5.74, 6) is -0.908. The van der Waals surface area contributed by atoms with Gasteiger partial charge >= 0.3 is 5.97 Å². The lowest BCUT2D eigenvalue weighted by Crippen LogP contribution is -2.11. The first-order valence-corrected chi connectivity index (χ1v) is 5.92. The highest BCUT2D eigenvalue weighted by molar-refractivity contribution is 6.36. The van der Waals surface area contributed by atoms with Crippen LogP contribution in [0.25, 0.3) is 21.8 Å². The highest BCUT2D eigenvalue weighted by Gasteiger charge is 2.21. The van der Waals surface area contributed by atoms with Gasteiger partial charge in [0.25, 0.3) is 0 Å². The number of hydrogen-bond donors (Lipinski definition) is 4. The molecule has 3 rings (SSSR count). The number of nitrogens with zero attached hydrogens (tertiary/aromatic N) is 1. The van der Waals surface area contributed by atoms with Crippen molar-refractivity contribution in [3.8, 4) is 5.88 Å². The summed E-state index contributed by atoms with van der Waals surface area (Å²) < 4.78 is 4.62. The van der Waals surface area contributed by atoms with Crippen molar-refractivity contribution in [3.63, 3.8) is 0 Å². The molecule has 8 heteroatoms. The lowest BCUT2D eigenvalue weighted by atomic mass is 10.1. The molecule has 102 valence electrons. The number of benzene rings is 1. The minimum Gasteiger partial charge on any atom is -0.493 e. The van der Waals surface area contributed by atoms with Crippen molar-refractivity contribution in [1.82, 2.24) is 9.97 Å². The largest absolute Gasteiger partial charge is 0.493 e. The number of aromatic nitrogens is 2. The van der Waals surface area contributed by atoms with Gasteiger partial charge < -0.3 is 20.6 Å². The predicted molar refractivity (Wildman–Crippen MR) is 73.1 cm³/mol. The molecule has 1 aromatic carbocycles. The van der Waals surface area contributed by atoms with Crippen LogP contribution < -0.4 is 11.1 Å². The second-order valence-corrected chi connectivity index (χ2v) is 4.60. The molecule has 0 aliphatic rings. The molecule has 7 nitrogen and oxygen atoms in total. The van der Waals surface area contributed by atoms with Crippen molar-refractivity contribution in [2.24, 2.45) is 0 Å². The van der Waals surface area contributed by atoms with Crippen molar-refractivity contribution in [2.45, 2.75) is 0 Å². The van der Waals surface area contributed by atoms with E-state index in [1.807, 2.05) is 0 Å². The standard InChI is InChI=1S/C12H9ClN4O3/c1-20-12(19)4-2-3-5-9(16-4)7(14)6(13)8(15)10(5)17-11(3)18/h2,14,16,18H,15H2,1H3. The highest BCUT2D eigenvalue weighted by atomic mass is 35.5. The van der Waals surface area contributed by atoms with E-state index >= 15 is 0 Å². The Morgan fingerprint density at radius 3 is 2.95 bits per heavy atom. The van der Waals surface area contributed by atoms with Crippen molar-refractivity contribution in [1.29, 1.82) is 5.41 Å². The van der Waals surface area contributed by atoms with E-state index in [2.05, 4.69) is 14.7 Å². The molecule has 0 bridgehead atoms. The molecule has 20 heavy (non-hydrogen) atoms. The van der Waals surface area contributed by atoms with Crippen LogP contribution >= 0.6 is 11.6 Å². The maximum atomic E-state index is 11.6. The molecule has 3 aromatic rings. The zero-order valence-corrected chi connectivity index (χ0v) is 11.0. The zero-order chi connectivity index (χ0) is 14.6. The first kappa shape index (κ1) is 12.5. The molecule has 0 saturated carbocycles. The predicted octanol–water partition coefficient (Wildman–Crippen LogP) is 1.36. The third-order valence-electron chi connectivity index (χ3n) is 3.13. The number of aromatic hydroxyl groups is 1. The molecular formula is C12H9ClN4O3. The van der Waals surface area contributed by atoms with Gasteiger partial charge in [-0.15, -0.1) is 0 Å². The maximum absolute atomic E-state index is 11.6. The average molecular weight is 293 g/mol. The first-order chi connectivity index (χ1) is 9.45. The number of pyridine rings is 1. The van der Waals surface area contributed by atoms with Crippen LogP contribution in [0.15, 0.2) is 6.07 Å². The van der Waals surface area contributed by atoms with Gasteiger partial charge in [-0.2, -0.15) is 0 Å². The second-order valence-electron chi connectivity index (χ2n) is 4.22. The summed E-state index contributed by atoms with van der Waals surface area (Å²) in [6.45, 7) is 0. The summed E-state index contributed by atoms with van der Waals surface area (Å²) >= 11 is 5.98.